The number of nitrogens with one attached hydrogen (secondary N) is 2. The summed E-state index contributed by atoms with van der Waals surface area (Å²) < 4.78 is 1.05. The van der Waals surface area contributed by atoms with Crippen molar-refractivity contribution < 1.29 is 4.79 Å². The van der Waals surface area contributed by atoms with Gasteiger partial charge in [0.25, 0.3) is 0 Å². The predicted octanol–water partition coefficient (Wildman–Crippen LogP) is 4.31. The third-order valence-electron chi connectivity index (χ3n) is 3.63. The molecule has 0 saturated heterocycles. The number of amides is 1. The SMILES string of the molecule is Cc1cc(NC(=O)CCNCCCc2ccccc2)ccc1Br. The van der Waals surface area contributed by atoms with Gasteiger partial charge >= 0.3 is 0 Å². The minimum atomic E-state index is 0.0438. The second-order valence-electron chi connectivity index (χ2n) is 5.60. The molecule has 122 valence electrons. The topological polar surface area (TPSA) is 41.1 Å². The van der Waals surface area contributed by atoms with E-state index in [2.05, 4.69) is 50.8 Å². The molecule has 0 aromatic heterocycles. The highest BCUT2D eigenvalue weighted by atomic mass is 79.9. The van der Waals surface area contributed by atoms with Crippen molar-refractivity contribution >= 4 is 27.5 Å². The van der Waals surface area contributed by atoms with E-state index in [-0.39, 0.29) is 5.91 Å². The molecule has 2 aromatic carbocycles. The molecule has 0 aliphatic rings. The van der Waals surface area contributed by atoms with Gasteiger partial charge in [-0.1, -0.05) is 46.3 Å². The van der Waals surface area contributed by atoms with Crippen molar-refractivity contribution in [2.75, 3.05) is 18.4 Å². The summed E-state index contributed by atoms with van der Waals surface area (Å²) >= 11 is 3.46. The van der Waals surface area contributed by atoms with Crippen LogP contribution < -0.4 is 10.6 Å². The highest BCUT2D eigenvalue weighted by molar-refractivity contribution is 9.10. The van der Waals surface area contributed by atoms with E-state index in [1.165, 1.54) is 5.56 Å². The number of aryl methyl sites for hydroxylation is 2. The van der Waals surface area contributed by atoms with Gasteiger partial charge in [0.1, 0.15) is 0 Å². The maximum Gasteiger partial charge on any atom is 0.225 e. The van der Waals surface area contributed by atoms with Crippen LogP contribution in [0.2, 0.25) is 0 Å². The molecule has 1 amide bonds. The van der Waals surface area contributed by atoms with Gasteiger partial charge in [0.2, 0.25) is 5.91 Å². The lowest BCUT2D eigenvalue weighted by atomic mass is 10.1. The van der Waals surface area contributed by atoms with Crippen molar-refractivity contribution in [3.63, 3.8) is 0 Å². The van der Waals surface area contributed by atoms with Crippen LogP contribution in [0.5, 0.6) is 0 Å². The highest BCUT2D eigenvalue weighted by Crippen LogP contribution is 2.19. The van der Waals surface area contributed by atoms with Crippen molar-refractivity contribution in [3.8, 4) is 0 Å². The van der Waals surface area contributed by atoms with Gasteiger partial charge in [0.15, 0.2) is 0 Å². The fourth-order valence-corrected chi connectivity index (χ4v) is 2.58. The minimum absolute atomic E-state index is 0.0438. The fraction of sp³-hybridized carbons (Fsp3) is 0.316. The van der Waals surface area contributed by atoms with Gasteiger partial charge in [-0.05, 0) is 55.6 Å². The number of anilines is 1. The van der Waals surface area contributed by atoms with Gasteiger partial charge in [-0.25, -0.2) is 0 Å². The van der Waals surface area contributed by atoms with E-state index in [9.17, 15) is 4.79 Å². The van der Waals surface area contributed by atoms with Crippen LogP contribution in [-0.2, 0) is 11.2 Å². The normalized spacial score (nSPS) is 10.5. The number of rotatable bonds is 8. The van der Waals surface area contributed by atoms with Crippen molar-refractivity contribution in [1.82, 2.24) is 5.32 Å². The zero-order valence-electron chi connectivity index (χ0n) is 13.4. The van der Waals surface area contributed by atoms with Crippen LogP contribution in [0.3, 0.4) is 0 Å². The van der Waals surface area contributed by atoms with Gasteiger partial charge < -0.3 is 10.6 Å². The average Bonchev–Trinajstić information content (AvgIpc) is 2.55. The summed E-state index contributed by atoms with van der Waals surface area (Å²) in [6.07, 6.45) is 2.64. The summed E-state index contributed by atoms with van der Waals surface area (Å²) in [5, 5.41) is 6.25. The zero-order chi connectivity index (χ0) is 16.5. The second kappa shape index (κ2) is 9.48. The van der Waals surface area contributed by atoms with Crippen molar-refractivity contribution in [2.24, 2.45) is 0 Å². The summed E-state index contributed by atoms with van der Waals surface area (Å²) in [4.78, 5) is 11.9. The van der Waals surface area contributed by atoms with Crippen LogP contribution in [0.1, 0.15) is 24.0 Å². The zero-order valence-corrected chi connectivity index (χ0v) is 15.0. The molecule has 0 fully saturated rings. The van der Waals surface area contributed by atoms with Crippen LogP contribution in [0, 0.1) is 6.92 Å². The Hall–Kier alpha value is -1.65. The summed E-state index contributed by atoms with van der Waals surface area (Å²) in [7, 11) is 0. The van der Waals surface area contributed by atoms with E-state index in [1.807, 2.05) is 31.2 Å². The molecule has 2 aromatic rings. The van der Waals surface area contributed by atoms with E-state index in [4.69, 9.17) is 0 Å². The number of carbonyl (C=O) groups is 1. The van der Waals surface area contributed by atoms with Gasteiger partial charge in [-0.3, -0.25) is 4.79 Å². The van der Waals surface area contributed by atoms with Crippen LogP contribution in [-0.4, -0.2) is 19.0 Å². The van der Waals surface area contributed by atoms with E-state index < -0.39 is 0 Å². The molecule has 23 heavy (non-hydrogen) atoms. The monoisotopic (exact) mass is 374 g/mol. The summed E-state index contributed by atoms with van der Waals surface area (Å²) in [5.74, 6) is 0.0438. The minimum Gasteiger partial charge on any atom is -0.326 e. The van der Waals surface area contributed by atoms with Gasteiger partial charge in [0.05, 0.1) is 0 Å². The Morgan fingerprint density at radius 2 is 1.87 bits per heavy atom. The Kier molecular flexibility index (Phi) is 7.30. The molecular weight excluding hydrogens is 352 g/mol. The first-order valence-electron chi connectivity index (χ1n) is 7.96. The Balaban J connectivity index is 1.58. The molecule has 3 nitrogen and oxygen atoms in total. The number of halogens is 1. The lowest BCUT2D eigenvalue weighted by molar-refractivity contribution is -0.116. The molecule has 2 rings (SSSR count). The molecule has 4 heteroatoms. The molecule has 0 bridgehead atoms. The predicted molar refractivity (Wildman–Crippen MR) is 99.8 cm³/mol. The molecule has 0 radical (unpaired) electrons. The van der Waals surface area contributed by atoms with E-state index in [0.29, 0.717) is 13.0 Å². The first kappa shape index (κ1) is 17.7. The van der Waals surface area contributed by atoms with Crippen LogP contribution >= 0.6 is 15.9 Å². The van der Waals surface area contributed by atoms with Crippen molar-refractivity contribution in [1.29, 1.82) is 0 Å². The largest absolute Gasteiger partial charge is 0.326 e. The molecule has 0 aliphatic carbocycles. The quantitative estimate of drug-likeness (QED) is 0.675. The first-order chi connectivity index (χ1) is 11.1. The molecule has 0 heterocycles. The molecule has 2 N–H and O–H groups in total. The van der Waals surface area contributed by atoms with Crippen LogP contribution in [0.25, 0.3) is 0 Å². The molecular formula is C19H23BrN2O. The number of carbonyl (C=O) groups excluding carboxylic acids is 1. The van der Waals surface area contributed by atoms with Crippen LogP contribution in [0.4, 0.5) is 5.69 Å². The smallest absolute Gasteiger partial charge is 0.225 e. The third-order valence-corrected chi connectivity index (χ3v) is 4.52. The Bertz CT molecular complexity index is 629. The molecule has 0 unspecified atom stereocenters. The van der Waals surface area contributed by atoms with E-state index >= 15 is 0 Å². The van der Waals surface area contributed by atoms with Crippen LogP contribution in [0.15, 0.2) is 53.0 Å². The first-order valence-corrected chi connectivity index (χ1v) is 8.75. The Morgan fingerprint density at radius 1 is 1.09 bits per heavy atom. The van der Waals surface area contributed by atoms with E-state index in [1.54, 1.807) is 0 Å². The second-order valence-corrected chi connectivity index (χ2v) is 6.46. The number of hydrogen-bond acceptors (Lipinski definition) is 2. The highest BCUT2D eigenvalue weighted by Gasteiger charge is 2.03. The maximum atomic E-state index is 11.9. The van der Waals surface area contributed by atoms with Crippen molar-refractivity contribution in [3.05, 3.63) is 64.1 Å². The Labute approximate surface area is 146 Å². The summed E-state index contributed by atoms with van der Waals surface area (Å²) in [5.41, 5.74) is 3.32. The van der Waals surface area contributed by atoms with Gasteiger partial charge in [-0.15, -0.1) is 0 Å². The summed E-state index contributed by atoms with van der Waals surface area (Å²) in [6, 6.07) is 16.3. The maximum absolute atomic E-state index is 11.9. The Morgan fingerprint density at radius 3 is 2.61 bits per heavy atom. The van der Waals surface area contributed by atoms with Gasteiger partial charge in [-0.2, -0.15) is 0 Å². The lowest BCUT2D eigenvalue weighted by Gasteiger charge is -2.08. The average molecular weight is 375 g/mol. The standard InChI is InChI=1S/C19H23BrN2O/c1-15-14-17(9-10-18(15)20)22-19(23)11-13-21-12-5-8-16-6-3-2-4-7-16/h2-4,6-7,9-10,14,21H,5,8,11-13H2,1H3,(H,22,23). The molecule has 0 atom stereocenters. The van der Waals surface area contributed by atoms with Gasteiger partial charge in [0, 0.05) is 23.1 Å². The fourth-order valence-electron chi connectivity index (χ4n) is 2.34. The number of benzene rings is 2. The third kappa shape index (κ3) is 6.55. The van der Waals surface area contributed by atoms with Crippen molar-refractivity contribution in [2.45, 2.75) is 26.2 Å². The van der Waals surface area contributed by atoms with E-state index in [0.717, 1.165) is 35.1 Å². The molecule has 0 aliphatic heterocycles. The summed E-state index contributed by atoms with van der Waals surface area (Å²) in [6.45, 7) is 3.64. The number of hydrogen-bond donors (Lipinski definition) is 2. The molecule has 0 spiro atoms. The molecule has 0 saturated carbocycles. The lowest BCUT2D eigenvalue weighted by Crippen LogP contribution is -2.23.